The second-order valence-corrected chi connectivity index (χ2v) is 5.57. The molecular formula is C12H18F3NOS. The van der Waals surface area contributed by atoms with Crippen molar-refractivity contribution < 1.29 is 18.3 Å². The minimum absolute atomic E-state index is 0.0365. The predicted octanol–water partition coefficient (Wildman–Crippen LogP) is 3.36. The lowest BCUT2D eigenvalue weighted by atomic mass is 9.91. The van der Waals surface area contributed by atoms with Crippen LogP contribution in [0.3, 0.4) is 0 Å². The minimum Gasteiger partial charge on any atom is -0.385 e. The van der Waals surface area contributed by atoms with Gasteiger partial charge in [-0.25, -0.2) is 0 Å². The normalized spacial score (nSPS) is 16.0. The Kier molecular flexibility index (Phi) is 4.80. The van der Waals surface area contributed by atoms with E-state index in [4.69, 9.17) is 0 Å². The molecule has 18 heavy (non-hydrogen) atoms. The zero-order chi connectivity index (χ0) is 14.0. The molecule has 1 unspecified atom stereocenters. The van der Waals surface area contributed by atoms with Gasteiger partial charge in [0.15, 0.2) is 0 Å². The molecule has 0 aliphatic rings. The summed E-state index contributed by atoms with van der Waals surface area (Å²) in [6.45, 7) is 5.78. The molecule has 1 rings (SSSR count). The van der Waals surface area contributed by atoms with Crippen LogP contribution < -0.4 is 5.32 Å². The molecule has 2 N–H and O–H groups in total. The molecule has 0 radical (unpaired) electrons. The van der Waals surface area contributed by atoms with Crippen molar-refractivity contribution in [3.63, 3.8) is 0 Å². The van der Waals surface area contributed by atoms with Gasteiger partial charge in [-0.2, -0.15) is 24.5 Å². The lowest BCUT2D eigenvalue weighted by molar-refractivity contribution is -0.140. The van der Waals surface area contributed by atoms with E-state index in [1.807, 2.05) is 13.8 Å². The highest BCUT2D eigenvalue weighted by Gasteiger charge is 2.39. The van der Waals surface area contributed by atoms with Gasteiger partial charge in [-0.1, -0.05) is 13.8 Å². The number of alkyl halides is 3. The van der Waals surface area contributed by atoms with Crippen molar-refractivity contribution in [2.45, 2.75) is 45.0 Å². The van der Waals surface area contributed by atoms with Crippen LogP contribution in [-0.4, -0.2) is 17.7 Å². The molecule has 0 saturated carbocycles. The van der Waals surface area contributed by atoms with E-state index >= 15 is 0 Å². The van der Waals surface area contributed by atoms with E-state index in [2.05, 4.69) is 5.32 Å². The van der Waals surface area contributed by atoms with Gasteiger partial charge in [-0.05, 0) is 25.3 Å². The van der Waals surface area contributed by atoms with Crippen LogP contribution in [0.4, 0.5) is 13.2 Å². The average molecular weight is 281 g/mol. The smallest absolute Gasteiger partial charge is 0.385 e. The lowest BCUT2D eigenvalue weighted by Crippen LogP contribution is -2.32. The third-order valence-electron chi connectivity index (χ3n) is 2.71. The van der Waals surface area contributed by atoms with E-state index in [0.29, 0.717) is 6.54 Å². The molecule has 0 aliphatic heterocycles. The van der Waals surface area contributed by atoms with Gasteiger partial charge < -0.3 is 10.4 Å². The van der Waals surface area contributed by atoms with E-state index in [1.54, 1.807) is 0 Å². The van der Waals surface area contributed by atoms with E-state index in [9.17, 15) is 18.3 Å². The predicted molar refractivity (Wildman–Crippen MR) is 66.6 cm³/mol. The number of thiophene rings is 1. The van der Waals surface area contributed by atoms with E-state index in [0.717, 1.165) is 16.7 Å². The van der Waals surface area contributed by atoms with Crippen molar-refractivity contribution in [1.29, 1.82) is 0 Å². The van der Waals surface area contributed by atoms with Crippen molar-refractivity contribution in [2.24, 2.45) is 0 Å². The molecule has 0 aromatic carbocycles. The summed E-state index contributed by atoms with van der Waals surface area (Å²) in [5.74, 6) is 0. The molecular weight excluding hydrogens is 263 g/mol. The van der Waals surface area contributed by atoms with Crippen molar-refractivity contribution >= 4 is 11.3 Å². The Hall–Kier alpha value is -0.590. The summed E-state index contributed by atoms with van der Waals surface area (Å²) in [6, 6.07) is 0.241. The first kappa shape index (κ1) is 15.5. The van der Waals surface area contributed by atoms with Crippen LogP contribution in [0.25, 0.3) is 0 Å². The van der Waals surface area contributed by atoms with E-state index in [1.165, 1.54) is 12.3 Å². The van der Waals surface area contributed by atoms with Gasteiger partial charge in [0.2, 0.25) is 0 Å². The first-order valence-corrected chi connectivity index (χ1v) is 6.68. The molecule has 1 aromatic rings. The maximum Gasteiger partial charge on any atom is 0.417 e. The second-order valence-electron chi connectivity index (χ2n) is 4.83. The third kappa shape index (κ3) is 3.96. The van der Waals surface area contributed by atoms with Gasteiger partial charge in [0.1, 0.15) is 0 Å². The topological polar surface area (TPSA) is 32.3 Å². The van der Waals surface area contributed by atoms with Crippen LogP contribution in [-0.2, 0) is 11.8 Å². The summed E-state index contributed by atoms with van der Waals surface area (Å²) in [5.41, 5.74) is -2.24. The fourth-order valence-corrected chi connectivity index (χ4v) is 2.65. The second kappa shape index (κ2) is 5.59. The van der Waals surface area contributed by atoms with Crippen LogP contribution in [0.5, 0.6) is 0 Å². The molecule has 0 bridgehead atoms. The Morgan fingerprint density at radius 2 is 1.83 bits per heavy atom. The molecule has 1 aromatic heterocycles. The van der Waals surface area contributed by atoms with Crippen LogP contribution in [0, 0.1) is 0 Å². The SMILES string of the molecule is CC(C)NCCC(C)(O)c1cscc1C(F)(F)F. The van der Waals surface area contributed by atoms with Crippen LogP contribution in [0.15, 0.2) is 10.8 Å². The zero-order valence-corrected chi connectivity index (χ0v) is 11.5. The molecule has 0 fully saturated rings. The zero-order valence-electron chi connectivity index (χ0n) is 10.6. The summed E-state index contributed by atoms with van der Waals surface area (Å²) in [4.78, 5) is 0. The molecule has 0 saturated heterocycles. The maximum atomic E-state index is 12.7. The van der Waals surface area contributed by atoms with Gasteiger partial charge >= 0.3 is 6.18 Å². The Balaban J connectivity index is 2.82. The van der Waals surface area contributed by atoms with Crippen molar-refractivity contribution in [3.8, 4) is 0 Å². The van der Waals surface area contributed by atoms with E-state index < -0.39 is 17.3 Å². The lowest BCUT2D eigenvalue weighted by Gasteiger charge is -2.25. The molecule has 1 heterocycles. The Morgan fingerprint density at radius 1 is 1.28 bits per heavy atom. The van der Waals surface area contributed by atoms with Gasteiger partial charge in [0, 0.05) is 17.0 Å². The Bertz CT molecular complexity index is 385. The standard InChI is InChI=1S/C12H18F3NOS/c1-8(2)16-5-4-11(3,17)9-6-18-7-10(9)12(13,14)15/h6-8,16-17H,4-5H2,1-3H3. The molecule has 6 heteroatoms. The average Bonchev–Trinajstić information content (AvgIpc) is 2.64. The fraction of sp³-hybridized carbons (Fsp3) is 0.667. The number of nitrogens with one attached hydrogen (secondary N) is 1. The third-order valence-corrected chi connectivity index (χ3v) is 3.46. The highest BCUT2D eigenvalue weighted by atomic mass is 32.1. The van der Waals surface area contributed by atoms with Crippen LogP contribution in [0.1, 0.15) is 38.3 Å². The minimum atomic E-state index is -4.41. The monoisotopic (exact) mass is 281 g/mol. The van der Waals surface area contributed by atoms with Crippen molar-refractivity contribution in [2.75, 3.05) is 6.54 Å². The first-order chi connectivity index (χ1) is 8.14. The largest absolute Gasteiger partial charge is 0.417 e. The Morgan fingerprint density at radius 3 is 2.33 bits per heavy atom. The molecule has 104 valence electrons. The first-order valence-electron chi connectivity index (χ1n) is 5.74. The van der Waals surface area contributed by atoms with Crippen molar-refractivity contribution in [1.82, 2.24) is 5.32 Å². The summed E-state index contributed by atoms with van der Waals surface area (Å²) in [5, 5.41) is 15.7. The molecule has 0 spiro atoms. The summed E-state index contributed by atoms with van der Waals surface area (Å²) >= 11 is 0.959. The van der Waals surface area contributed by atoms with Gasteiger partial charge in [0.05, 0.1) is 11.2 Å². The van der Waals surface area contributed by atoms with Crippen molar-refractivity contribution in [3.05, 3.63) is 21.9 Å². The fourth-order valence-electron chi connectivity index (χ4n) is 1.67. The highest BCUT2D eigenvalue weighted by molar-refractivity contribution is 7.08. The molecule has 0 aliphatic carbocycles. The highest BCUT2D eigenvalue weighted by Crippen LogP contribution is 2.39. The molecule has 0 amide bonds. The van der Waals surface area contributed by atoms with Gasteiger partial charge in [0.25, 0.3) is 0 Å². The maximum absolute atomic E-state index is 12.7. The van der Waals surface area contributed by atoms with Crippen LogP contribution >= 0.6 is 11.3 Å². The molecule has 2 nitrogen and oxygen atoms in total. The number of hydrogen-bond donors (Lipinski definition) is 2. The molecule has 1 atom stereocenters. The Labute approximate surface area is 109 Å². The number of hydrogen-bond acceptors (Lipinski definition) is 3. The number of aliphatic hydroxyl groups is 1. The summed E-state index contributed by atoms with van der Waals surface area (Å²) in [7, 11) is 0. The van der Waals surface area contributed by atoms with Gasteiger partial charge in [-0.15, -0.1) is 0 Å². The number of rotatable bonds is 5. The van der Waals surface area contributed by atoms with Crippen LogP contribution in [0.2, 0.25) is 0 Å². The number of halogens is 3. The summed E-state index contributed by atoms with van der Waals surface area (Å²) < 4.78 is 38.2. The quantitative estimate of drug-likeness (QED) is 0.867. The van der Waals surface area contributed by atoms with E-state index in [-0.39, 0.29) is 18.0 Å². The van der Waals surface area contributed by atoms with Gasteiger partial charge in [-0.3, -0.25) is 0 Å². The summed E-state index contributed by atoms with van der Waals surface area (Å²) in [6.07, 6.45) is -4.17.